The first-order valence-electron chi connectivity index (χ1n) is 5.61. The second kappa shape index (κ2) is 6.45. The molecule has 0 aliphatic heterocycles. The van der Waals surface area contributed by atoms with Crippen LogP contribution in [0.3, 0.4) is 0 Å². The fraction of sp³-hybridized carbons (Fsp3) is 0.727. The largest absolute Gasteiger partial charge is 0.489 e. The van der Waals surface area contributed by atoms with Crippen LogP contribution >= 0.6 is 0 Å². The van der Waals surface area contributed by atoms with E-state index < -0.39 is 0 Å². The van der Waals surface area contributed by atoms with E-state index in [4.69, 9.17) is 4.74 Å². The average Bonchev–Trinajstić information content (AvgIpc) is 2.65. The molecule has 1 aromatic rings. The van der Waals surface area contributed by atoms with Gasteiger partial charge >= 0.3 is 0 Å². The number of hydrogen-bond donors (Lipinski definition) is 1. The Labute approximate surface area is 91.6 Å². The van der Waals surface area contributed by atoms with Gasteiger partial charge in [-0.1, -0.05) is 13.8 Å². The van der Waals surface area contributed by atoms with Crippen molar-refractivity contribution in [1.29, 1.82) is 0 Å². The number of nitrogens with zero attached hydrogens (tertiary/aromatic N) is 2. The van der Waals surface area contributed by atoms with E-state index in [0.717, 1.165) is 12.3 Å². The minimum Gasteiger partial charge on any atom is -0.489 e. The number of aryl methyl sites for hydroxylation is 1. The summed E-state index contributed by atoms with van der Waals surface area (Å²) in [5.74, 6) is 0.837. The molecular formula is C11H21N3O. The first-order valence-corrected chi connectivity index (χ1v) is 5.61. The number of aromatic nitrogens is 2. The van der Waals surface area contributed by atoms with Gasteiger partial charge in [-0.15, -0.1) is 0 Å². The lowest BCUT2D eigenvalue weighted by atomic mass is 10.2. The van der Waals surface area contributed by atoms with E-state index in [1.807, 2.05) is 13.2 Å². The smallest absolute Gasteiger partial charge is 0.157 e. The topological polar surface area (TPSA) is 39.1 Å². The van der Waals surface area contributed by atoms with Crippen LogP contribution in [0.5, 0.6) is 5.75 Å². The summed E-state index contributed by atoms with van der Waals surface area (Å²) in [6.45, 7) is 5.98. The van der Waals surface area contributed by atoms with Gasteiger partial charge in [0.2, 0.25) is 0 Å². The Morgan fingerprint density at radius 2 is 2.20 bits per heavy atom. The number of nitrogens with one attached hydrogen (secondary N) is 1. The van der Waals surface area contributed by atoms with Crippen molar-refractivity contribution in [3.05, 3.63) is 12.4 Å². The van der Waals surface area contributed by atoms with Crippen molar-refractivity contribution in [1.82, 2.24) is 15.1 Å². The van der Waals surface area contributed by atoms with E-state index in [2.05, 4.69) is 24.3 Å². The van der Waals surface area contributed by atoms with Crippen LogP contribution in [0.15, 0.2) is 12.4 Å². The average molecular weight is 211 g/mol. The minimum absolute atomic E-state index is 0.613. The molecule has 0 bridgehead atoms. The van der Waals surface area contributed by atoms with Crippen LogP contribution in [-0.4, -0.2) is 29.0 Å². The van der Waals surface area contributed by atoms with E-state index in [1.54, 1.807) is 10.9 Å². The van der Waals surface area contributed by atoms with E-state index in [1.165, 1.54) is 12.8 Å². The molecule has 4 nitrogen and oxygen atoms in total. The Kier molecular flexibility index (Phi) is 5.18. The molecule has 4 heteroatoms. The molecule has 1 N–H and O–H groups in total. The van der Waals surface area contributed by atoms with Crippen molar-refractivity contribution < 1.29 is 4.74 Å². The standard InChI is InChI=1S/C11H21N3O/c1-4-10(5-2)12-6-7-15-11-8-13-14(3)9-11/h8-10,12H,4-7H2,1-3H3. The third-order valence-corrected chi connectivity index (χ3v) is 2.47. The zero-order chi connectivity index (χ0) is 11.1. The Morgan fingerprint density at radius 1 is 1.47 bits per heavy atom. The van der Waals surface area contributed by atoms with Crippen molar-refractivity contribution in [2.45, 2.75) is 32.7 Å². The molecule has 0 saturated carbocycles. The SMILES string of the molecule is CCC(CC)NCCOc1cnn(C)c1. The molecule has 15 heavy (non-hydrogen) atoms. The highest BCUT2D eigenvalue weighted by Crippen LogP contribution is 2.06. The van der Waals surface area contributed by atoms with Crippen molar-refractivity contribution in [2.24, 2.45) is 7.05 Å². The van der Waals surface area contributed by atoms with Gasteiger partial charge in [0.15, 0.2) is 5.75 Å². The highest BCUT2D eigenvalue weighted by Gasteiger charge is 2.01. The molecule has 0 aliphatic carbocycles. The highest BCUT2D eigenvalue weighted by molar-refractivity contribution is 5.11. The lowest BCUT2D eigenvalue weighted by Crippen LogP contribution is -2.31. The number of rotatable bonds is 7. The molecule has 0 fully saturated rings. The summed E-state index contributed by atoms with van der Waals surface area (Å²) in [5, 5.41) is 7.48. The molecule has 1 aromatic heterocycles. The molecule has 0 radical (unpaired) electrons. The molecule has 0 saturated heterocycles. The van der Waals surface area contributed by atoms with Crippen LogP contribution in [0.25, 0.3) is 0 Å². The first kappa shape index (κ1) is 12.0. The van der Waals surface area contributed by atoms with E-state index >= 15 is 0 Å². The van der Waals surface area contributed by atoms with Crippen LogP contribution in [0, 0.1) is 0 Å². The molecular weight excluding hydrogens is 190 g/mol. The fourth-order valence-electron chi connectivity index (χ4n) is 1.48. The van der Waals surface area contributed by atoms with Crippen LogP contribution in [0.2, 0.25) is 0 Å². The predicted molar refractivity (Wildman–Crippen MR) is 61.1 cm³/mol. The quantitative estimate of drug-likeness (QED) is 0.696. The van der Waals surface area contributed by atoms with Crippen molar-refractivity contribution >= 4 is 0 Å². The molecule has 1 rings (SSSR count). The molecule has 0 spiro atoms. The normalized spacial score (nSPS) is 10.9. The maximum Gasteiger partial charge on any atom is 0.157 e. The van der Waals surface area contributed by atoms with Gasteiger partial charge in [-0.2, -0.15) is 5.10 Å². The summed E-state index contributed by atoms with van der Waals surface area (Å²) >= 11 is 0. The van der Waals surface area contributed by atoms with E-state index in [9.17, 15) is 0 Å². The first-order chi connectivity index (χ1) is 7.26. The maximum absolute atomic E-state index is 5.52. The third kappa shape index (κ3) is 4.34. The Morgan fingerprint density at radius 3 is 2.73 bits per heavy atom. The van der Waals surface area contributed by atoms with Crippen LogP contribution < -0.4 is 10.1 Å². The zero-order valence-electron chi connectivity index (χ0n) is 9.86. The Hall–Kier alpha value is -1.03. The lowest BCUT2D eigenvalue weighted by molar-refractivity contribution is 0.302. The second-order valence-corrected chi connectivity index (χ2v) is 3.67. The summed E-state index contributed by atoms with van der Waals surface area (Å²) in [6.07, 6.45) is 5.95. The summed E-state index contributed by atoms with van der Waals surface area (Å²) in [7, 11) is 1.88. The molecule has 0 unspecified atom stereocenters. The summed E-state index contributed by atoms with van der Waals surface area (Å²) < 4.78 is 7.26. The summed E-state index contributed by atoms with van der Waals surface area (Å²) in [4.78, 5) is 0. The van der Waals surface area contributed by atoms with Gasteiger partial charge in [0, 0.05) is 19.6 Å². The van der Waals surface area contributed by atoms with Crippen molar-refractivity contribution in [3.63, 3.8) is 0 Å². The molecule has 86 valence electrons. The highest BCUT2D eigenvalue weighted by atomic mass is 16.5. The molecule has 0 atom stereocenters. The predicted octanol–water partition coefficient (Wildman–Crippen LogP) is 1.58. The molecule has 1 heterocycles. The van der Waals surface area contributed by atoms with Gasteiger partial charge in [0.25, 0.3) is 0 Å². The Balaban J connectivity index is 2.11. The van der Waals surface area contributed by atoms with Crippen LogP contribution in [0.4, 0.5) is 0 Å². The van der Waals surface area contributed by atoms with Gasteiger partial charge < -0.3 is 10.1 Å². The third-order valence-electron chi connectivity index (χ3n) is 2.47. The monoisotopic (exact) mass is 211 g/mol. The van der Waals surface area contributed by atoms with Gasteiger partial charge in [0.05, 0.1) is 12.4 Å². The number of hydrogen-bond acceptors (Lipinski definition) is 3. The van der Waals surface area contributed by atoms with Gasteiger partial charge in [0.1, 0.15) is 6.61 Å². The molecule has 0 aliphatic rings. The van der Waals surface area contributed by atoms with Crippen molar-refractivity contribution in [3.8, 4) is 5.75 Å². The Bertz CT molecular complexity index is 269. The minimum atomic E-state index is 0.613. The van der Waals surface area contributed by atoms with Gasteiger partial charge in [-0.3, -0.25) is 4.68 Å². The van der Waals surface area contributed by atoms with Gasteiger partial charge in [-0.05, 0) is 12.8 Å². The van der Waals surface area contributed by atoms with Crippen LogP contribution in [-0.2, 0) is 7.05 Å². The van der Waals surface area contributed by atoms with E-state index in [-0.39, 0.29) is 0 Å². The number of ether oxygens (including phenoxy) is 1. The molecule has 0 aromatic carbocycles. The van der Waals surface area contributed by atoms with Crippen molar-refractivity contribution in [2.75, 3.05) is 13.2 Å². The summed E-state index contributed by atoms with van der Waals surface area (Å²) in [6, 6.07) is 0.613. The maximum atomic E-state index is 5.52. The lowest BCUT2D eigenvalue weighted by Gasteiger charge is -2.14. The van der Waals surface area contributed by atoms with E-state index in [0.29, 0.717) is 12.6 Å². The van der Waals surface area contributed by atoms with Crippen LogP contribution in [0.1, 0.15) is 26.7 Å². The second-order valence-electron chi connectivity index (χ2n) is 3.67. The van der Waals surface area contributed by atoms with Gasteiger partial charge in [-0.25, -0.2) is 0 Å². The fourth-order valence-corrected chi connectivity index (χ4v) is 1.48. The molecule has 0 amide bonds. The zero-order valence-corrected chi connectivity index (χ0v) is 9.86. The summed E-state index contributed by atoms with van der Waals surface area (Å²) in [5.41, 5.74) is 0.